The van der Waals surface area contributed by atoms with E-state index in [9.17, 15) is 13.2 Å². The van der Waals surface area contributed by atoms with Crippen molar-refractivity contribution in [3.63, 3.8) is 0 Å². The molecule has 3 heterocycles. The van der Waals surface area contributed by atoms with Gasteiger partial charge >= 0.3 is 5.97 Å². The number of fused-ring (bicyclic) bond motifs is 1. The SMILES string of the molecule is COC(=O)c1c(S(=O)(=O)N2CCCCCC2)sc2c1CCN(CCCSC)C2. The minimum atomic E-state index is -3.67. The lowest BCUT2D eigenvalue weighted by atomic mass is 10.0. The van der Waals surface area contributed by atoms with Crippen LogP contribution < -0.4 is 0 Å². The summed E-state index contributed by atoms with van der Waals surface area (Å²) in [6.07, 6.45) is 7.79. The second kappa shape index (κ2) is 9.93. The third kappa shape index (κ3) is 4.75. The Morgan fingerprint density at radius 2 is 1.89 bits per heavy atom. The van der Waals surface area contributed by atoms with Crippen molar-refractivity contribution in [2.45, 2.75) is 49.3 Å². The average Bonchev–Trinajstić information content (AvgIpc) is 2.87. The number of methoxy groups -OCH3 is 1. The highest BCUT2D eigenvalue weighted by Gasteiger charge is 2.37. The summed E-state index contributed by atoms with van der Waals surface area (Å²) in [6.45, 7) is 3.64. The van der Waals surface area contributed by atoms with Gasteiger partial charge in [-0.1, -0.05) is 12.8 Å². The molecule has 0 amide bonds. The van der Waals surface area contributed by atoms with Gasteiger partial charge in [0.15, 0.2) is 0 Å². The van der Waals surface area contributed by atoms with Crippen LogP contribution in [0.15, 0.2) is 4.21 Å². The van der Waals surface area contributed by atoms with E-state index in [2.05, 4.69) is 11.2 Å². The first-order valence-corrected chi connectivity index (χ1v) is 13.6. The number of ether oxygens (including phenoxy) is 1. The highest BCUT2D eigenvalue weighted by atomic mass is 32.2. The molecule has 1 aromatic heterocycles. The van der Waals surface area contributed by atoms with Crippen molar-refractivity contribution in [1.82, 2.24) is 9.21 Å². The number of carbonyl (C=O) groups is 1. The number of rotatable bonds is 7. The zero-order chi connectivity index (χ0) is 20.1. The van der Waals surface area contributed by atoms with Crippen LogP contribution in [0.3, 0.4) is 0 Å². The van der Waals surface area contributed by atoms with E-state index in [0.29, 0.717) is 26.1 Å². The lowest BCUT2D eigenvalue weighted by Gasteiger charge is -2.26. The molecule has 3 rings (SSSR count). The molecule has 0 aliphatic carbocycles. The van der Waals surface area contributed by atoms with Gasteiger partial charge in [0.1, 0.15) is 4.21 Å². The van der Waals surface area contributed by atoms with Gasteiger partial charge in [-0.05, 0) is 49.8 Å². The third-order valence-electron chi connectivity index (χ3n) is 5.46. The summed E-state index contributed by atoms with van der Waals surface area (Å²) in [6, 6.07) is 0. The van der Waals surface area contributed by atoms with Crippen LogP contribution in [0.5, 0.6) is 0 Å². The molecule has 1 aromatic rings. The molecule has 2 aliphatic rings. The maximum Gasteiger partial charge on any atom is 0.340 e. The van der Waals surface area contributed by atoms with E-state index in [1.54, 1.807) is 4.31 Å². The van der Waals surface area contributed by atoms with E-state index in [1.807, 2.05) is 11.8 Å². The van der Waals surface area contributed by atoms with E-state index >= 15 is 0 Å². The molecule has 28 heavy (non-hydrogen) atoms. The van der Waals surface area contributed by atoms with Gasteiger partial charge in [-0.3, -0.25) is 4.90 Å². The van der Waals surface area contributed by atoms with Crippen molar-refractivity contribution in [2.24, 2.45) is 0 Å². The maximum atomic E-state index is 13.4. The average molecular weight is 447 g/mol. The van der Waals surface area contributed by atoms with Gasteiger partial charge in [0.05, 0.1) is 12.7 Å². The van der Waals surface area contributed by atoms with E-state index < -0.39 is 16.0 Å². The molecule has 6 nitrogen and oxygen atoms in total. The second-order valence-corrected chi connectivity index (χ2v) is 11.6. The third-order valence-corrected chi connectivity index (χ3v) is 9.76. The van der Waals surface area contributed by atoms with Crippen molar-refractivity contribution < 1.29 is 17.9 Å². The van der Waals surface area contributed by atoms with Gasteiger partial charge in [0.25, 0.3) is 10.0 Å². The van der Waals surface area contributed by atoms with Crippen LogP contribution in [0.2, 0.25) is 0 Å². The van der Waals surface area contributed by atoms with Gasteiger partial charge in [0.2, 0.25) is 0 Å². The number of hydrogen-bond donors (Lipinski definition) is 0. The molecule has 2 aliphatic heterocycles. The monoisotopic (exact) mass is 446 g/mol. The van der Waals surface area contributed by atoms with Crippen LogP contribution in [0.25, 0.3) is 0 Å². The van der Waals surface area contributed by atoms with Crippen LogP contribution in [0.1, 0.15) is 52.9 Å². The first-order valence-electron chi connectivity index (χ1n) is 9.93. The fourth-order valence-corrected chi connectivity index (χ4v) is 7.95. The van der Waals surface area contributed by atoms with Gasteiger partial charge in [0, 0.05) is 31.1 Å². The van der Waals surface area contributed by atoms with Crippen LogP contribution in [-0.2, 0) is 27.7 Å². The Morgan fingerprint density at radius 1 is 1.18 bits per heavy atom. The summed E-state index contributed by atoms with van der Waals surface area (Å²) in [5.41, 5.74) is 1.17. The molecule has 0 aromatic carbocycles. The normalized spacial score (nSPS) is 19.2. The zero-order valence-corrected chi connectivity index (χ0v) is 19.2. The van der Waals surface area contributed by atoms with Crippen molar-refractivity contribution >= 4 is 39.1 Å². The molecule has 0 radical (unpaired) electrons. The topological polar surface area (TPSA) is 66.9 Å². The van der Waals surface area contributed by atoms with Crippen LogP contribution in [-0.4, -0.2) is 68.9 Å². The number of thioether (sulfide) groups is 1. The summed E-state index contributed by atoms with van der Waals surface area (Å²) >= 11 is 3.12. The largest absolute Gasteiger partial charge is 0.465 e. The Labute approximate surface area is 176 Å². The van der Waals surface area contributed by atoms with Gasteiger partial charge < -0.3 is 4.74 Å². The van der Waals surface area contributed by atoms with E-state index in [1.165, 1.54) is 18.4 Å². The maximum absolute atomic E-state index is 13.4. The zero-order valence-electron chi connectivity index (χ0n) is 16.7. The van der Waals surface area contributed by atoms with Gasteiger partial charge in [-0.25, -0.2) is 13.2 Å². The fourth-order valence-electron chi connectivity index (χ4n) is 3.94. The molecule has 9 heteroatoms. The van der Waals surface area contributed by atoms with E-state index in [0.717, 1.165) is 61.4 Å². The van der Waals surface area contributed by atoms with Crippen molar-refractivity contribution in [2.75, 3.05) is 45.3 Å². The Morgan fingerprint density at radius 3 is 2.54 bits per heavy atom. The van der Waals surface area contributed by atoms with Crippen LogP contribution in [0, 0.1) is 0 Å². The predicted molar refractivity (Wildman–Crippen MR) is 115 cm³/mol. The Hall–Kier alpha value is -0.610. The lowest BCUT2D eigenvalue weighted by molar-refractivity contribution is 0.0595. The molecule has 0 bridgehead atoms. The lowest BCUT2D eigenvalue weighted by Crippen LogP contribution is -2.33. The Balaban J connectivity index is 1.92. The van der Waals surface area contributed by atoms with Crippen molar-refractivity contribution in [3.8, 4) is 0 Å². The molecule has 0 N–H and O–H groups in total. The van der Waals surface area contributed by atoms with E-state index in [4.69, 9.17) is 4.74 Å². The predicted octanol–water partition coefficient (Wildman–Crippen LogP) is 3.21. The molecule has 0 unspecified atom stereocenters. The summed E-state index contributed by atoms with van der Waals surface area (Å²) < 4.78 is 33.6. The first kappa shape index (κ1) is 22.1. The molecule has 0 saturated carbocycles. The number of hydrogen-bond acceptors (Lipinski definition) is 7. The van der Waals surface area contributed by atoms with Crippen LogP contribution >= 0.6 is 23.1 Å². The fraction of sp³-hybridized carbons (Fsp3) is 0.737. The van der Waals surface area contributed by atoms with Crippen molar-refractivity contribution in [1.29, 1.82) is 0 Å². The molecule has 1 fully saturated rings. The second-order valence-electron chi connectivity index (χ2n) is 7.35. The van der Waals surface area contributed by atoms with Crippen molar-refractivity contribution in [3.05, 3.63) is 16.0 Å². The van der Waals surface area contributed by atoms with Crippen LogP contribution in [0.4, 0.5) is 0 Å². The quantitative estimate of drug-likeness (QED) is 0.473. The van der Waals surface area contributed by atoms with Gasteiger partial charge in [-0.15, -0.1) is 11.3 Å². The highest BCUT2D eigenvalue weighted by Crippen LogP contribution is 2.38. The summed E-state index contributed by atoms with van der Waals surface area (Å²) in [5.74, 6) is 0.595. The standard InChI is InChI=1S/C19H30N2O4S3/c1-25-18(22)17-15-8-12-20(9-7-13-26-2)14-16(15)27-19(17)28(23,24)21-10-5-3-4-6-11-21/h3-14H2,1-2H3. The summed E-state index contributed by atoms with van der Waals surface area (Å²) in [4.78, 5) is 15.9. The number of nitrogens with zero attached hydrogens (tertiary/aromatic N) is 2. The highest BCUT2D eigenvalue weighted by molar-refractivity contribution is 7.98. The first-order chi connectivity index (χ1) is 13.5. The smallest absolute Gasteiger partial charge is 0.340 e. The minimum Gasteiger partial charge on any atom is -0.465 e. The Kier molecular flexibility index (Phi) is 7.83. The molecule has 158 valence electrons. The number of thiophene rings is 1. The molecule has 1 saturated heterocycles. The molecular weight excluding hydrogens is 416 g/mol. The van der Waals surface area contributed by atoms with E-state index in [-0.39, 0.29) is 9.77 Å². The minimum absolute atomic E-state index is 0.192. The Bertz CT molecular complexity index is 783. The molecule has 0 spiro atoms. The molecule has 0 atom stereocenters. The number of sulfonamides is 1. The number of esters is 1. The number of carbonyl (C=O) groups excluding carboxylic acids is 1. The van der Waals surface area contributed by atoms with Gasteiger partial charge in [-0.2, -0.15) is 16.1 Å². The summed E-state index contributed by atoms with van der Waals surface area (Å²) in [5, 5.41) is 0. The molecular formula is C19H30N2O4S3. The summed E-state index contributed by atoms with van der Waals surface area (Å²) in [7, 11) is -2.35.